The molecular weight excluding hydrogens is 417 g/mol. The van der Waals surface area contributed by atoms with Gasteiger partial charge in [0, 0.05) is 15.3 Å². The number of carbonyl (C=O) groups is 1. The molecule has 8 heteroatoms. The van der Waals surface area contributed by atoms with E-state index in [4.69, 9.17) is 0 Å². The standard InChI is InChI=1S/C14H8F4INO2/c15-8-4-5-11(12(19)6-8)13(21)20-9-2-1-3-10(7-9)22-14(16,17)18/h1-7H,(H,20,21). The molecule has 0 fully saturated rings. The summed E-state index contributed by atoms with van der Waals surface area (Å²) < 4.78 is 53.6. The van der Waals surface area contributed by atoms with Crippen LogP contribution >= 0.6 is 22.6 Å². The lowest BCUT2D eigenvalue weighted by Gasteiger charge is -2.11. The third kappa shape index (κ3) is 4.58. The van der Waals surface area contributed by atoms with Gasteiger partial charge in [-0.25, -0.2) is 4.39 Å². The summed E-state index contributed by atoms with van der Waals surface area (Å²) in [5, 5.41) is 2.43. The van der Waals surface area contributed by atoms with Crippen molar-refractivity contribution < 1.29 is 27.1 Å². The van der Waals surface area contributed by atoms with Gasteiger partial charge in [-0.1, -0.05) is 6.07 Å². The van der Waals surface area contributed by atoms with Crippen LogP contribution in [0.4, 0.5) is 23.2 Å². The number of amides is 1. The number of carbonyl (C=O) groups excluding carboxylic acids is 1. The minimum absolute atomic E-state index is 0.131. The van der Waals surface area contributed by atoms with Crippen molar-refractivity contribution in [3.8, 4) is 5.75 Å². The van der Waals surface area contributed by atoms with E-state index in [2.05, 4.69) is 10.1 Å². The lowest BCUT2D eigenvalue weighted by atomic mass is 10.2. The topological polar surface area (TPSA) is 38.3 Å². The van der Waals surface area contributed by atoms with E-state index in [1.165, 1.54) is 24.3 Å². The summed E-state index contributed by atoms with van der Waals surface area (Å²) >= 11 is 1.79. The Bertz CT molecular complexity index is 703. The first kappa shape index (κ1) is 16.5. The summed E-state index contributed by atoms with van der Waals surface area (Å²) in [6, 6.07) is 8.48. The number of rotatable bonds is 3. The summed E-state index contributed by atoms with van der Waals surface area (Å²) in [6.45, 7) is 0. The highest BCUT2D eigenvalue weighted by atomic mass is 127. The van der Waals surface area contributed by atoms with Crippen molar-refractivity contribution in [1.29, 1.82) is 0 Å². The van der Waals surface area contributed by atoms with Crippen LogP contribution in [-0.4, -0.2) is 12.3 Å². The summed E-state index contributed by atoms with van der Waals surface area (Å²) in [5.74, 6) is -1.49. The average molecular weight is 425 g/mol. The van der Waals surface area contributed by atoms with Gasteiger partial charge >= 0.3 is 6.36 Å². The van der Waals surface area contributed by atoms with Crippen molar-refractivity contribution in [2.75, 3.05) is 5.32 Å². The number of anilines is 1. The normalized spacial score (nSPS) is 11.1. The van der Waals surface area contributed by atoms with Crippen LogP contribution in [0.25, 0.3) is 0 Å². The molecule has 0 aliphatic heterocycles. The van der Waals surface area contributed by atoms with Crippen LogP contribution in [0.15, 0.2) is 42.5 Å². The Kier molecular flexibility index (Phi) is 4.89. The molecule has 0 spiro atoms. The summed E-state index contributed by atoms with van der Waals surface area (Å²) in [6.07, 6.45) is -4.81. The zero-order valence-corrected chi connectivity index (χ0v) is 12.9. The maximum absolute atomic E-state index is 13.0. The maximum atomic E-state index is 13.0. The van der Waals surface area contributed by atoms with Gasteiger partial charge in [-0.15, -0.1) is 13.2 Å². The predicted molar refractivity (Wildman–Crippen MR) is 80.2 cm³/mol. The van der Waals surface area contributed by atoms with Gasteiger partial charge in [0.2, 0.25) is 0 Å². The molecule has 1 N–H and O–H groups in total. The molecule has 2 aromatic carbocycles. The summed E-state index contributed by atoms with van der Waals surface area (Å²) in [4.78, 5) is 12.0. The van der Waals surface area contributed by atoms with Crippen LogP contribution in [-0.2, 0) is 0 Å². The van der Waals surface area contributed by atoms with Gasteiger partial charge in [0.15, 0.2) is 0 Å². The van der Waals surface area contributed by atoms with E-state index in [1.807, 2.05) is 0 Å². The molecule has 3 nitrogen and oxygen atoms in total. The van der Waals surface area contributed by atoms with E-state index < -0.39 is 23.8 Å². The van der Waals surface area contributed by atoms with Crippen LogP contribution in [0.2, 0.25) is 0 Å². The first-order valence-corrected chi connectivity index (χ1v) is 6.95. The molecule has 0 radical (unpaired) electrons. The first-order chi connectivity index (χ1) is 10.2. The molecule has 2 rings (SSSR count). The molecule has 22 heavy (non-hydrogen) atoms. The zero-order valence-electron chi connectivity index (χ0n) is 10.7. The second-order valence-electron chi connectivity index (χ2n) is 4.15. The molecule has 0 atom stereocenters. The molecule has 0 heterocycles. The van der Waals surface area contributed by atoms with E-state index in [9.17, 15) is 22.4 Å². The van der Waals surface area contributed by atoms with Gasteiger partial charge in [0.25, 0.3) is 5.91 Å². The summed E-state index contributed by atoms with van der Waals surface area (Å²) in [5.41, 5.74) is 0.344. The second-order valence-corrected chi connectivity index (χ2v) is 5.32. The molecule has 2 aromatic rings. The average Bonchev–Trinajstić information content (AvgIpc) is 2.36. The van der Waals surface area contributed by atoms with Crippen LogP contribution in [0, 0.1) is 9.39 Å². The molecule has 116 valence electrons. The molecule has 0 unspecified atom stereocenters. The van der Waals surface area contributed by atoms with Crippen LogP contribution < -0.4 is 10.1 Å². The molecule has 0 aliphatic carbocycles. The number of alkyl halides is 3. The van der Waals surface area contributed by atoms with Gasteiger partial charge in [0.1, 0.15) is 11.6 Å². The largest absolute Gasteiger partial charge is 0.573 e. The number of halogens is 5. The number of hydrogen-bond acceptors (Lipinski definition) is 2. The van der Waals surface area contributed by atoms with Crippen LogP contribution in [0.3, 0.4) is 0 Å². The Morgan fingerprint density at radius 3 is 2.50 bits per heavy atom. The first-order valence-electron chi connectivity index (χ1n) is 5.87. The van der Waals surface area contributed by atoms with Crippen molar-refractivity contribution in [3.05, 3.63) is 57.4 Å². The lowest BCUT2D eigenvalue weighted by Crippen LogP contribution is -2.17. The third-order valence-electron chi connectivity index (χ3n) is 2.50. The SMILES string of the molecule is O=C(Nc1cccc(OC(F)(F)F)c1)c1ccc(F)cc1I. The second kappa shape index (κ2) is 6.51. The minimum atomic E-state index is -4.81. The Hall–Kier alpha value is -1.84. The highest BCUT2D eigenvalue weighted by Crippen LogP contribution is 2.25. The van der Waals surface area contributed by atoms with E-state index in [0.717, 1.165) is 18.2 Å². The van der Waals surface area contributed by atoms with Gasteiger partial charge in [0.05, 0.1) is 5.56 Å². The van der Waals surface area contributed by atoms with E-state index in [0.29, 0.717) is 3.57 Å². The Labute approximate surface area is 136 Å². The zero-order chi connectivity index (χ0) is 16.3. The Morgan fingerprint density at radius 1 is 1.14 bits per heavy atom. The fourth-order valence-electron chi connectivity index (χ4n) is 1.64. The molecule has 1 amide bonds. The Balaban J connectivity index is 2.16. The number of ether oxygens (including phenoxy) is 1. The fraction of sp³-hybridized carbons (Fsp3) is 0.0714. The number of benzene rings is 2. The molecular formula is C14H8F4INO2. The van der Waals surface area contributed by atoms with Gasteiger partial charge < -0.3 is 10.1 Å². The van der Waals surface area contributed by atoms with Crippen molar-refractivity contribution in [1.82, 2.24) is 0 Å². The molecule has 0 aromatic heterocycles. The van der Waals surface area contributed by atoms with E-state index in [1.54, 1.807) is 22.6 Å². The van der Waals surface area contributed by atoms with Gasteiger partial charge in [-0.2, -0.15) is 0 Å². The quantitative estimate of drug-likeness (QED) is 0.578. The van der Waals surface area contributed by atoms with Crippen molar-refractivity contribution in [3.63, 3.8) is 0 Å². The van der Waals surface area contributed by atoms with Crippen molar-refractivity contribution >= 4 is 34.2 Å². The number of hydrogen-bond donors (Lipinski definition) is 1. The molecule has 0 aliphatic rings. The van der Waals surface area contributed by atoms with Crippen molar-refractivity contribution in [2.45, 2.75) is 6.36 Å². The number of nitrogens with one attached hydrogen (secondary N) is 1. The third-order valence-corrected chi connectivity index (χ3v) is 3.39. The van der Waals surface area contributed by atoms with E-state index >= 15 is 0 Å². The highest BCUT2D eigenvalue weighted by Gasteiger charge is 2.31. The van der Waals surface area contributed by atoms with Crippen molar-refractivity contribution in [2.24, 2.45) is 0 Å². The summed E-state index contributed by atoms with van der Waals surface area (Å²) in [7, 11) is 0. The van der Waals surface area contributed by atoms with Crippen LogP contribution in [0.5, 0.6) is 5.75 Å². The smallest absolute Gasteiger partial charge is 0.406 e. The monoisotopic (exact) mass is 425 g/mol. The van der Waals surface area contributed by atoms with Gasteiger partial charge in [-0.3, -0.25) is 4.79 Å². The molecule has 0 saturated heterocycles. The molecule has 0 bridgehead atoms. The predicted octanol–water partition coefficient (Wildman–Crippen LogP) is 4.58. The van der Waals surface area contributed by atoms with Gasteiger partial charge in [-0.05, 0) is 52.9 Å². The minimum Gasteiger partial charge on any atom is -0.406 e. The lowest BCUT2D eigenvalue weighted by molar-refractivity contribution is -0.274. The Morgan fingerprint density at radius 2 is 1.86 bits per heavy atom. The molecule has 0 saturated carbocycles. The highest BCUT2D eigenvalue weighted by molar-refractivity contribution is 14.1. The fourth-order valence-corrected chi connectivity index (χ4v) is 2.37. The maximum Gasteiger partial charge on any atom is 0.573 e. The van der Waals surface area contributed by atoms with E-state index in [-0.39, 0.29) is 11.3 Å². The van der Waals surface area contributed by atoms with Crippen LogP contribution in [0.1, 0.15) is 10.4 Å².